The molecule has 21 heavy (non-hydrogen) atoms. The maximum atomic E-state index is 12.5. The molecule has 0 spiro atoms. The van der Waals surface area contributed by atoms with Gasteiger partial charge in [-0.3, -0.25) is 19.3 Å². The molecule has 0 aliphatic carbocycles. The molecule has 1 aromatic rings. The zero-order chi connectivity index (χ0) is 15.0. The van der Waals surface area contributed by atoms with Crippen LogP contribution in [-0.2, 0) is 14.4 Å². The van der Waals surface area contributed by atoms with E-state index in [0.29, 0.717) is 12.8 Å². The maximum absolute atomic E-state index is 12.5. The fraction of sp³-hybridized carbons (Fsp3) is 0.357. The number of carboxylic acids is 1. The van der Waals surface area contributed by atoms with Gasteiger partial charge in [0.1, 0.15) is 0 Å². The Morgan fingerprint density at radius 3 is 2.90 bits per heavy atom. The topological polar surface area (TPSA) is 86.7 Å². The molecule has 1 unspecified atom stereocenters. The van der Waals surface area contributed by atoms with Gasteiger partial charge in [0.25, 0.3) is 5.91 Å². The first kappa shape index (κ1) is 13.9. The Morgan fingerprint density at radius 1 is 1.38 bits per heavy atom. The Morgan fingerprint density at radius 2 is 2.14 bits per heavy atom. The number of benzene rings is 1. The summed E-state index contributed by atoms with van der Waals surface area (Å²) < 4.78 is 0. The lowest BCUT2D eigenvalue weighted by Gasteiger charge is -2.29. The van der Waals surface area contributed by atoms with E-state index >= 15 is 0 Å². The summed E-state index contributed by atoms with van der Waals surface area (Å²) in [4.78, 5) is 36.7. The van der Waals surface area contributed by atoms with E-state index in [1.165, 1.54) is 11.8 Å². The van der Waals surface area contributed by atoms with Gasteiger partial charge in [0.2, 0.25) is 5.91 Å². The minimum absolute atomic E-state index is 0.0643. The number of aliphatic carboxylic acids is 1. The number of carbonyl (C=O) groups excluding carboxylic acids is 2. The SMILES string of the molecule is O=C(O)CCNC(=O)C12CCC(=O)N1c1ccccc1S2. The second-order valence-corrected chi connectivity index (χ2v) is 6.30. The van der Waals surface area contributed by atoms with Crippen molar-refractivity contribution in [3.8, 4) is 0 Å². The predicted octanol–water partition coefficient (Wildman–Crippen LogP) is 1.21. The Hall–Kier alpha value is -2.02. The Balaban J connectivity index is 1.85. The lowest BCUT2D eigenvalue weighted by atomic mass is 10.2. The van der Waals surface area contributed by atoms with E-state index in [-0.39, 0.29) is 24.8 Å². The number of rotatable bonds is 4. The van der Waals surface area contributed by atoms with Crippen LogP contribution in [0.4, 0.5) is 5.69 Å². The van der Waals surface area contributed by atoms with Gasteiger partial charge in [0.05, 0.1) is 12.1 Å². The molecule has 1 saturated heterocycles. The van der Waals surface area contributed by atoms with Crippen LogP contribution in [0.2, 0.25) is 0 Å². The van der Waals surface area contributed by atoms with Crippen molar-refractivity contribution in [1.82, 2.24) is 5.32 Å². The first-order valence-corrected chi connectivity index (χ1v) is 7.47. The van der Waals surface area contributed by atoms with Gasteiger partial charge in [-0.05, 0) is 18.6 Å². The van der Waals surface area contributed by atoms with E-state index in [1.807, 2.05) is 24.3 Å². The van der Waals surface area contributed by atoms with Crippen LogP contribution < -0.4 is 10.2 Å². The highest BCUT2D eigenvalue weighted by Gasteiger charge is 2.57. The van der Waals surface area contributed by atoms with Gasteiger partial charge < -0.3 is 10.4 Å². The molecule has 2 aliphatic rings. The number of nitrogens with zero attached hydrogens (tertiary/aromatic N) is 1. The van der Waals surface area contributed by atoms with Crippen LogP contribution in [0.5, 0.6) is 0 Å². The van der Waals surface area contributed by atoms with E-state index in [4.69, 9.17) is 5.11 Å². The molecule has 0 bridgehead atoms. The average molecular weight is 306 g/mol. The van der Waals surface area contributed by atoms with Gasteiger partial charge in [-0.1, -0.05) is 23.9 Å². The van der Waals surface area contributed by atoms with Crippen molar-refractivity contribution in [1.29, 1.82) is 0 Å². The van der Waals surface area contributed by atoms with Crippen LogP contribution in [0.15, 0.2) is 29.2 Å². The molecule has 2 amide bonds. The number of nitrogens with one attached hydrogen (secondary N) is 1. The molecule has 2 aliphatic heterocycles. The van der Waals surface area contributed by atoms with Crippen molar-refractivity contribution in [3.05, 3.63) is 24.3 Å². The van der Waals surface area contributed by atoms with E-state index in [2.05, 4.69) is 5.32 Å². The predicted molar refractivity (Wildman–Crippen MR) is 77.0 cm³/mol. The first-order chi connectivity index (χ1) is 10.0. The Labute approximate surface area is 125 Å². The molecule has 2 N–H and O–H groups in total. The summed E-state index contributed by atoms with van der Waals surface area (Å²) in [6, 6.07) is 7.42. The van der Waals surface area contributed by atoms with Gasteiger partial charge in [-0.25, -0.2) is 0 Å². The van der Waals surface area contributed by atoms with E-state index in [1.54, 1.807) is 4.90 Å². The molecule has 0 radical (unpaired) electrons. The van der Waals surface area contributed by atoms with Crippen molar-refractivity contribution in [2.75, 3.05) is 11.4 Å². The third kappa shape index (κ3) is 2.17. The summed E-state index contributed by atoms with van der Waals surface area (Å²) in [5.41, 5.74) is 0.762. The van der Waals surface area contributed by atoms with Crippen molar-refractivity contribution in [3.63, 3.8) is 0 Å². The number of para-hydroxylation sites is 1. The molecule has 2 heterocycles. The molecule has 7 heteroatoms. The lowest BCUT2D eigenvalue weighted by molar-refractivity contribution is -0.137. The van der Waals surface area contributed by atoms with Crippen molar-refractivity contribution >= 4 is 35.2 Å². The molecule has 110 valence electrons. The van der Waals surface area contributed by atoms with Crippen LogP contribution in [-0.4, -0.2) is 34.3 Å². The van der Waals surface area contributed by atoms with Crippen molar-refractivity contribution in [2.45, 2.75) is 29.0 Å². The molecule has 6 nitrogen and oxygen atoms in total. The molecule has 0 aromatic heterocycles. The van der Waals surface area contributed by atoms with Crippen LogP contribution in [0.1, 0.15) is 19.3 Å². The second-order valence-electron chi connectivity index (χ2n) is 4.98. The third-order valence-corrected chi connectivity index (χ3v) is 5.13. The van der Waals surface area contributed by atoms with Crippen molar-refractivity contribution < 1.29 is 19.5 Å². The van der Waals surface area contributed by atoms with E-state index in [0.717, 1.165) is 10.6 Å². The lowest BCUT2D eigenvalue weighted by Crippen LogP contribution is -2.52. The smallest absolute Gasteiger partial charge is 0.305 e. The molecular weight excluding hydrogens is 292 g/mol. The summed E-state index contributed by atoms with van der Waals surface area (Å²) in [6.45, 7) is 0.0643. The summed E-state index contributed by atoms with van der Waals surface area (Å²) in [6.07, 6.45) is 0.630. The Kier molecular flexibility index (Phi) is 3.36. The summed E-state index contributed by atoms with van der Waals surface area (Å²) in [5, 5.41) is 11.3. The van der Waals surface area contributed by atoms with E-state index in [9.17, 15) is 14.4 Å². The second kappa shape index (κ2) is 5.07. The third-order valence-electron chi connectivity index (χ3n) is 3.65. The highest BCUT2D eigenvalue weighted by atomic mass is 32.2. The number of fused-ring (bicyclic) bond motifs is 3. The quantitative estimate of drug-likeness (QED) is 0.873. The largest absolute Gasteiger partial charge is 0.481 e. The fourth-order valence-electron chi connectivity index (χ4n) is 2.72. The van der Waals surface area contributed by atoms with Crippen molar-refractivity contribution in [2.24, 2.45) is 0 Å². The van der Waals surface area contributed by atoms with Crippen LogP contribution in [0.25, 0.3) is 0 Å². The Bertz CT molecular complexity index is 633. The number of anilines is 1. The highest BCUT2D eigenvalue weighted by molar-refractivity contribution is 8.02. The minimum atomic E-state index is -0.963. The van der Waals surface area contributed by atoms with E-state index < -0.39 is 10.8 Å². The summed E-state index contributed by atoms with van der Waals surface area (Å²) in [7, 11) is 0. The highest BCUT2D eigenvalue weighted by Crippen LogP contribution is 2.55. The van der Waals surface area contributed by atoms with Gasteiger partial charge in [0, 0.05) is 17.9 Å². The fourth-order valence-corrected chi connectivity index (χ4v) is 4.15. The summed E-state index contributed by atoms with van der Waals surface area (Å²) in [5.74, 6) is -1.33. The standard InChI is InChI=1S/C14H14N2O4S/c17-11-5-7-14(13(20)15-8-6-12(18)19)16(11)9-3-1-2-4-10(9)21-14/h1-4H,5-8H2,(H,15,20)(H,18,19). The number of thioether (sulfide) groups is 1. The molecule has 1 atom stereocenters. The zero-order valence-electron chi connectivity index (χ0n) is 11.2. The number of amides is 2. The monoisotopic (exact) mass is 306 g/mol. The van der Waals surface area contributed by atoms with Crippen LogP contribution >= 0.6 is 11.8 Å². The van der Waals surface area contributed by atoms with Gasteiger partial charge in [-0.15, -0.1) is 0 Å². The first-order valence-electron chi connectivity index (χ1n) is 6.66. The molecular formula is C14H14N2O4S. The average Bonchev–Trinajstić information content (AvgIpc) is 2.95. The molecule has 3 rings (SSSR count). The number of hydrogen-bond acceptors (Lipinski definition) is 4. The molecule has 1 fully saturated rings. The molecule has 0 saturated carbocycles. The maximum Gasteiger partial charge on any atom is 0.305 e. The van der Waals surface area contributed by atoms with Crippen LogP contribution in [0, 0.1) is 0 Å². The van der Waals surface area contributed by atoms with Gasteiger partial charge in [0.15, 0.2) is 4.87 Å². The van der Waals surface area contributed by atoms with Gasteiger partial charge in [-0.2, -0.15) is 0 Å². The number of carbonyl (C=O) groups is 3. The number of hydrogen-bond donors (Lipinski definition) is 2. The normalized spacial score (nSPS) is 22.9. The number of carboxylic acid groups (broad SMARTS) is 1. The van der Waals surface area contributed by atoms with Crippen LogP contribution in [0.3, 0.4) is 0 Å². The van der Waals surface area contributed by atoms with Gasteiger partial charge >= 0.3 is 5.97 Å². The minimum Gasteiger partial charge on any atom is -0.481 e. The summed E-state index contributed by atoms with van der Waals surface area (Å²) >= 11 is 1.37. The zero-order valence-corrected chi connectivity index (χ0v) is 12.0. The molecule has 1 aromatic carbocycles.